The summed E-state index contributed by atoms with van der Waals surface area (Å²) in [5.74, 6) is 1.49. The molecule has 1 aromatic carbocycles. The molecule has 0 saturated heterocycles. The van der Waals surface area contributed by atoms with Gasteiger partial charge in [-0.15, -0.1) is 11.3 Å². The second-order valence-electron chi connectivity index (χ2n) is 10.6. The lowest BCUT2D eigenvalue weighted by molar-refractivity contribution is -0.147. The van der Waals surface area contributed by atoms with Crippen molar-refractivity contribution >= 4 is 23.2 Å². The number of rotatable bonds is 7. The van der Waals surface area contributed by atoms with E-state index in [9.17, 15) is 9.59 Å². The summed E-state index contributed by atoms with van der Waals surface area (Å²) in [4.78, 5) is 31.5. The first-order valence-electron chi connectivity index (χ1n) is 12.0. The van der Waals surface area contributed by atoms with Gasteiger partial charge in [-0.05, 0) is 80.7 Å². The molecule has 2 aromatic rings. The van der Waals surface area contributed by atoms with Gasteiger partial charge in [0.2, 0.25) is 11.8 Å². The van der Waals surface area contributed by atoms with Crippen molar-refractivity contribution in [1.82, 2.24) is 9.80 Å². The van der Waals surface area contributed by atoms with Crippen LogP contribution in [-0.4, -0.2) is 46.8 Å². The molecule has 1 aromatic heterocycles. The van der Waals surface area contributed by atoms with Crippen molar-refractivity contribution in [1.29, 1.82) is 0 Å². The van der Waals surface area contributed by atoms with Crippen LogP contribution in [0.15, 0.2) is 35.7 Å². The van der Waals surface area contributed by atoms with Crippen LogP contribution >= 0.6 is 11.3 Å². The Bertz CT molecular complexity index is 986. The van der Waals surface area contributed by atoms with Gasteiger partial charge in [0.15, 0.2) is 0 Å². The normalized spacial score (nSPS) is 18.2. The maximum atomic E-state index is 13.6. The second kappa shape index (κ2) is 9.49. The van der Waals surface area contributed by atoms with Crippen molar-refractivity contribution in [3.63, 3.8) is 0 Å². The molecule has 33 heavy (non-hydrogen) atoms. The lowest BCUT2D eigenvalue weighted by Crippen LogP contribution is -2.53. The van der Waals surface area contributed by atoms with E-state index in [4.69, 9.17) is 4.74 Å². The van der Waals surface area contributed by atoms with Gasteiger partial charge in [0.25, 0.3) is 0 Å². The molecule has 1 aliphatic heterocycles. The van der Waals surface area contributed by atoms with Crippen LogP contribution in [0, 0.1) is 5.92 Å². The lowest BCUT2D eigenvalue weighted by atomic mass is 9.99. The molecule has 0 N–H and O–H groups in total. The van der Waals surface area contributed by atoms with E-state index < -0.39 is 0 Å². The summed E-state index contributed by atoms with van der Waals surface area (Å²) >= 11 is 1.75. The number of benzene rings is 1. The van der Waals surface area contributed by atoms with E-state index in [1.54, 1.807) is 16.2 Å². The highest BCUT2D eigenvalue weighted by Crippen LogP contribution is 2.36. The zero-order valence-electron chi connectivity index (χ0n) is 20.5. The van der Waals surface area contributed by atoms with E-state index in [0.29, 0.717) is 19.1 Å². The Hall–Kier alpha value is -2.34. The molecular weight excluding hydrogens is 432 g/mol. The Morgan fingerprint density at radius 1 is 1.15 bits per heavy atom. The number of nitrogens with zero attached hydrogens (tertiary/aromatic N) is 2. The molecule has 2 heterocycles. The number of fused-ring (bicyclic) bond motifs is 1. The van der Waals surface area contributed by atoms with Crippen LogP contribution in [-0.2, 0) is 16.0 Å². The molecule has 6 heteroatoms. The first-order valence-corrected chi connectivity index (χ1v) is 12.9. The third-order valence-electron chi connectivity index (χ3n) is 6.67. The molecule has 178 valence electrons. The Balaban J connectivity index is 1.50. The van der Waals surface area contributed by atoms with Gasteiger partial charge in [0, 0.05) is 22.9 Å². The molecule has 1 unspecified atom stereocenters. The van der Waals surface area contributed by atoms with Gasteiger partial charge in [-0.1, -0.05) is 26.0 Å². The third-order valence-corrected chi connectivity index (χ3v) is 7.66. The summed E-state index contributed by atoms with van der Waals surface area (Å²) in [6.07, 6.45) is 2.73. The Morgan fingerprint density at radius 3 is 2.45 bits per heavy atom. The fraction of sp³-hybridized carbons (Fsp3) is 0.556. The van der Waals surface area contributed by atoms with Crippen LogP contribution in [0.25, 0.3) is 0 Å². The predicted molar refractivity (Wildman–Crippen MR) is 133 cm³/mol. The minimum absolute atomic E-state index is 0.000435. The number of thiophene rings is 1. The van der Waals surface area contributed by atoms with Gasteiger partial charge in [0.05, 0.1) is 6.04 Å². The summed E-state index contributed by atoms with van der Waals surface area (Å²) in [7, 11) is 0. The molecule has 1 fully saturated rings. The molecule has 1 aliphatic carbocycles. The van der Waals surface area contributed by atoms with Crippen LogP contribution in [0.3, 0.4) is 0 Å². The van der Waals surface area contributed by atoms with Gasteiger partial charge >= 0.3 is 0 Å². The zero-order valence-corrected chi connectivity index (χ0v) is 21.3. The highest BCUT2D eigenvalue weighted by atomic mass is 32.1. The fourth-order valence-electron chi connectivity index (χ4n) is 4.42. The van der Waals surface area contributed by atoms with Crippen LogP contribution in [0.2, 0.25) is 0 Å². The maximum Gasteiger partial charge on any atom is 0.242 e. The van der Waals surface area contributed by atoms with Crippen LogP contribution in [0.1, 0.15) is 75.4 Å². The summed E-state index contributed by atoms with van der Waals surface area (Å²) in [6.45, 7) is 11.6. The number of hydrogen-bond donors (Lipinski definition) is 0. The van der Waals surface area contributed by atoms with E-state index in [1.165, 1.54) is 16.0 Å². The Kier molecular flexibility index (Phi) is 6.85. The van der Waals surface area contributed by atoms with Crippen molar-refractivity contribution in [3.8, 4) is 5.75 Å². The van der Waals surface area contributed by atoms with E-state index in [1.807, 2.05) is 37.8 Å². The quantitative estimate of drug-likeness (QED) is 0.546. The number of hydrogen-bond acceptors (Lipinski definition) is 4. The topological polar surface area (TPSA) is 49.9 Å². The monoisotopic (exact) mass is 468 g/mol. The molecular formula is C27H36N2O3S. The summed E-state index contributed by atoms with van der Waals surface area (Å²) in [5, 5.41) is 2.10. The molecule has 0 bridgehead atoms. The van der Waals surface area contributed by atoms with Gasteiger partial charge in [-0.25, -0.2) is 0 Å². The van der Waals surface area contributed by atoms with Gasteiger partial charge in [-0.2, -0.15) is 0 Å². The van der Waals surface area contributed by atoms with Crippen molar-refractivity contribution < 1.29 is 14.3 Å². The maximum absolute atomic E-state index is 13.6. The second-order valence-corrected chi connectivity index (χ2v) is 11.6. The average molecular weight is 469 g/mol. The molecule has 1 saturated carbocycles. The van der Waals surface area contributed by atoms with Crippen LogP contribution in [0.5, 0.6) is 5.75 Å². The van der Waals surface area contributed by atoms with Gasteiger partial charge < -0.3 is 14.5 Å². The van der Waals surface area contributed by atoms with Crippen LogP contribution < -0.4 is 4.74 Å². The molecule has 4 rings (SSSR count). The first-order chi connectivity index (χ1) is 15.6. The van der Waals surface area contributed by atoms with E-state index in [2.05, 4.69) is 37.4 Å². The van der Waals surface area contributed by atoms with Crippen molar-refractivity contribution in [2.45, 2.75) is 71.4 Å². The lowest BCUT2D eigenvalue weighted by Gasteiger charge is -2.40. The summed E-state index contributed by atoms with van der Waals surface area (Å²) in [5.41, 5.74) is 2.07. The van der Waals surface area contributed by atoms with Crippen molar-refractivity contribution in [2.75, 3.05) is 19.7 Å². The minimum Gasteiger partial charge on any atom is -0.491 e. The molecule has 0 spiro atoms. The van der Waals surface area contributed by atoms with Gasteiger partial charge in [-0.3, -0.25) is 9.59 Å². The Labute approximate surface area is 201 Å². The molecule has 5 nitrogen and oxygen atoms in total. The predicted octanol–water partition coefficient (Wildman–Crippen LogP) is 5.41. The highest BCUT2D eigenvalue weighted by Gasteiger charge is 2.40. The molecule has 1 atom stereocenters. The molecule has 0 radical (unpaired) electrons. The summed E-state index contributed by atoms with van der Waals surface area (Å²) < 4.78 is 6.19. The fourth-order valence-corrected chi connectivity index (χ4v) is 5.35. The SMILES string of the molecule is CC(C)c1ccc(OCC2c3ccsc3CCN2C(=O)CN(C(=O)C2CC2)C(C)(C)C)cc1. The summed E-state index contributed by atoms with van der Waals surface area (Å²) in [6, 6.07) is 10.2. The smallest absolute Gasteiger partial charge is 0.242 e. The third kappa shape index (κ3) is 5.43. The van der Waals surface area contributed by atoms with Gasteiger partial charge in [0.1, 0.15) is 18.9 Å². The van der Waals surface area contributed by atoms with Crippen molar-refractivity contribution in [2.24, 2.45) is 5.92 Å². The first kappa shape index (κ1) is 23.8. The standard InChI is InChI=1S/C27H36N2O3S/c1-18(2)19-8-10-21(11-9-19)32-17-23-22-13-15-33-24(22)12-14-28(23)25(30)16-29(27(3,4)5)26(31)20-6-7-20/h8-11,13,15,18,20,23H,6-7,12,14,16-17H2,1-5H3. The average Bonchev–Trinajstić information content (AvgIpc) is 3.51. The number of amides is 2. The zero-order chi connectivity index (χ0) is 23.8. The van der Waals surface area contributed by atoms with Crippen molar-refractivity contribution in [3.05, 3.63) is 51.7 Å². The Morgan fingerprint density at radius 2 is 1.85 bits per heavy atom. The number of carbonyl (C=O) groups excluding carboxylic acids is 2. The van der Waals surface area contributed by atoms with E-state index in [-0.39, 0.29) is 35.9 Å². The number of carbonyl (C=O) groups is 2. The van der Waals surface area contributed by atoms with E-state index in [0.717, 1.165) is 25.0 Å². The largest absolute Gasteiger partial charge is 0.491 e. The number of ether oxygens (including phenoxy) is 1. The molecule has 2 amide bonds. The molecule has 2 aliphatic rings. The van der Waals surface area contributed by atoms with Crippen LogP contribution in [0.4, 0.5) is 0 Å². The minimum atomic E-state index is -0.386. The van der Waals surface area contributed by atoms with E-state index >= 15 is 0 Å². The highest BCUT2D eigenvalue weighted by molar-refractivity contribution is 7.10.